The Kier molecular flexibility index (Phi) is 6.34. The van der Waals surface area contributed by atoms with E-state index >= 15 is 0 Å². The molecule has 0 unspecified atom stereocenters. The minimum absolute atomic E-state index is 0.0301. The topological polar surface area (TPSA) is 44.8 Å². The SMILES string of the molecule is CC.O=C1CO[C@H]2CCN(CN3CC(c4ccc(C5CCC5)cc4)C3)C[C@H]2N1. The number of rotatable bonds is 4. The first-order valence-corrected chi connectivity index (χ1v) is 11.2. The van der Waals surface area contributed by atoms with Gasteiger partial charge in [0.15, 0.2) is 0 Å². The van der Waals surface area contributed by atoms with Crippen LogP contribution in [0.5, 0.6) is 0 Å². The highest BCUT2D eigenvalue weighted by Crippen LogP contribution is 2.37. The van der Waals surface area contributed by atoms with Gasteiger partial charge >= 0.3 is 0 Å². The standard InChI is InChI=1S/C21H29N3O2.C2H6/c25-21-13-26-20-8-9-23(12-19(20)22-21)14-24-10-18(11-24)17-6-4-16(5-7-17)15-2-1-3-15;1-2/h4-7,15,18-20H,1-3,8-14H2,(H,22,25);1-2H3/t19-,20+;/m1./s1. The van der Waals surface area contributed by atoms with Gasteiger partial charge in [0.2, 0.25) is 5.91 Å². The fourth-order valence-corrected chi connectivity index (χ4v) is 4.86. The Morgan fingerprint density at radius 1 is 0.964 bits per heavy atom. The Bertz CT molecular complexity index is 652. The second-order valence-corrected chi connectivity index (χ2v) is 8.56. The van der Waals surface area contributed by atoms with Gasteiger partial charge in [-0.25, -0.2) is 0 Å². The molecule has 5 heteroatoms. The second-order valence-electron chi connectivity index (χ2n) is 8.56. The number of benzene rings is 1. The van der Waals surface area contributed by atoms with E-state index in [1.807, 2.05) is 13.8 Å². The summed E-state index contributed by atoms with van der Waals surface area (Å²) in [6.07, 6.45) is 5.38. The van der Waals surface area contributed by atoms with Gasteiger partial charge in [-0.1, -0.05) is 44.5 Å². The highest BCUT2D eigenvalue weighted by molar-refractivity contribution is 5.78. The maximum atomic E-state index is 11.5. The summed E-state index contributed by atoms with van der Waals surface area (Å²) in [6.45, 7) is 9.51. The molecule has 4 fully saturated rings. The van der Waals surface area contributed by atoms with Crippen molar-refractivity contribution in [1.82, 2.24) is 15.1 Å². The number of nitrogens with zero attached hydrogens (tertiary/aromatic N) is 2. The number of carbonyl (C=O) groups excluding carboxylic acids is 1. The van der Waals surface area contributed by atoms with Crippen LogP contribution in [0.3, 0.4) is 0 Å². The van der Waals surface area contributed by atoms with Crippen LogP contribution >= 0.6 is 0 Å². The van der Waals surface area contributed by atoms with Crippen molar-refractivity contribution in [2.75, 3.05) is 39.5 Å². The van der Waals surface area contributed by atoms with Crippen LogP contribution in [-0.4, -0.2) is 67.3 Å². The number of piperidine rings is 1. The Morgan fingerprint density at radius 2 is 1.64 bits per heavy atom. The van der Waals surface area contributed by atoms with E-state index in [1.165, 1.54) is 30.4 Å². The average molecular weight is 386 g/mol. The molecule has 4 aliphatic rings. The van der Waals surface area contributed by atoms with E-state index in [0.29, 0.717) is 5.92 Å². The first-order valence-electron chi connectivity index (χ1n) is 11.2. The van der Waals surface area contributed by atoms with Crippen molar-refractivity contribution in [2.24, 2.45) is 0 Å². The molecule has 1 aliphatic carbocycles. The fourth-order valence-electron chi connectivity index (χ4n) is 4.86. The molecule has 1 saturated carbocycles. The number of hydrogen-bond donors (Lipinski definition) is 1. The molecule has 1 aromatic rings. The lowest BCUT2D eigenvalue weighted by molar-refractivity contribution is -0.141. The quantitative estimate of drug-likeness (QED) is 0.866. The van der Waals surface area contributed by atoms with E-state index in [9.17, 15) is 4.79 Å². The van der Waals surface area contributed by atoms with Gasteiger partial charge in [-0.05, 0) is 36.3 Å². The summed E-state index contributed by atoms with van der Waals surface area (Å²) in [5.41, 5.74) is 3.03. The summed E-state index contributed by atoms with van der Waals surface area (Å²) >= 11 is 0. The summed E-state index contributed by atoms with van der Waals surface area (Å²) in [5, 5.41) is 3.09. The van der Waals surface area contributed by atoms with E-state index in [-0.39, 0.29) is 24.7 Å². The smallest absolute Gasteiger partial charge is 0.246 e. The number of likely N-dealkylation sites (tertiary alicyclic amines) is 2. The Labute approximate surface area is 169 Å². The molecule has 0 bridgehead atoms. The van der Waals surface area contributed by atoms with Crippen LogP contribution in [0, 0.1) is 0 Å². The van der Waals surface area contributed by atoms with Gasteiger partial charge in [0.25, 0.3) is 0 Å². The average Bonchev–Trinajstić information content (AvgIpc) is 2.65. The molecule has 0 spiro atoms. The summed E-state index contributed by atoms with van der Waals surface area (Å²) in [4.78, 5) is 16.5. The summed E-state index contributed by atoms with van der Waals surface area (Å²) in [6, 6.07) is 9.60. The molecule has 154 valence electrons. The van der Waals surface area contributed by atoms with Crippen LogP contribution in [0.2, 0.25) is 0 Å². The lowest BCUT2D eigenvalue weighted by Gasteiger charge is -2.46. The third kappa shape index (κ3) is 4.27. The first-order chi connectivity index (χ1) is 13.7. The zero-order valence-electron chi connectivity index (χ0n) is 17.4. The number of fused-ring (bicyclic) bond motifs is 1. The second kappa shape index (κ2) is 8.93. The molecule has 28 heavy (non-hydrogen) atoms. The van der Waals surface area contributed by atoms with Crippen molar-refractivity contribution >= 4 is 5.91 Å². The van der Waals surface area contributed by atoms with E-state index in [0.717, 1.165) is 45.2 Å². The first kappa shape index (κ1) is 19.9. The van der Waals surface area contributed by atoms with Gasteiger partial charge in [0.05, 0.1) is 18.8 Å². The van der Waals surface area contributed by atoms with Crippen LogP contribution < -0.4 is 5.32 Å². The number of ether oxygens (including phenoxy) is 1. The van der Waals surface area contributed by atoms with Crippen LogP contribution in [-0.2, 0) is 9.53 Å². The summed E-state index contributed by atoms with van der Waals surface area (Å²) in [5.74, 6) is 1.54. The van der Waals surface area contributed by atoms with E-state index in [4.69, 9.17) is 4.74 Å². The molecular formula is C23H35N3O2. The van der Waals surface area contributed by atoms with Crippen molar-refractivity contribution in [2.45, 2.75) is 63.5 Å². The van der Waals surface area contributed by atoms with Gasteiger partial charge in [-0.3, -0.25) is 14.6 Å². The van der Waals surface area contributed by atoms with Crippen LogP contribution in [0.4, 0.5) is 0 Å². The predicted molar refractivity (Wildman–Crippen MR) is 111 cm³/mol. The van der Waals surface area contributed by atoms with Crippen molar-refractivity contribution in [3.05, 3.63) is 35.4 Å². The number of carbonyl (C=O) groups is 1. The molecule has 3 aliphatic heterocycles. The number of nitrogens with one attached hydrogen (secondary N) is 1. The molecule has 1 amide bonds. The maximum Gasteiger partial charge on any atom is 0.246 e. The minimum Gasteiger partial charge on any atom is -0.366 e. The molecule has 1 aromatic carbocycles. The maximum absolute atomic E-state index is 11.5. The third-order valence-corrected chi connectivity index (χ3v) is 6.75. The highest BCUT2D eigenvalue weighted by atomic mass is 16.5. The van der Waals surface area contributed by atoms with Crippen molar-refractivity contribution in [1.29, 1.82) is 0 Å². The number of amides is 1. The molecule has 1 N–H and O–H groups in total. The van der Waals surface area contributed by atoms with Crippen molar-refractivity contribution < 1.29 is 9.53 Å². The molecule has 2 atom stereocenters. The number of hydrogen-bond acceptors (Lipinski definition) is 4. The largest absolute Gasteiger partial charge is 0.366 e. The lowest BCUT2D eigenvalue weighted by atomic mass is 9.79. The van der Waals surface area contributed by atoms with Crippen LogP contribution in [0.1, 0.15) is 62.5 Å². The van der Waals surface area contributed by atoms with E-state index < -0.39 is 0 Å². The van der Waals surface area contributed by atoms with Crippen LogP contribution in [0.15, 0.2) is 24.3 Å². The van der Waals surface area contributed by atoms with E-state index in [1.54, 1.807) is 0 Å². The Hall–Kier alpha value is -1.43. The van der Waals surface area contributed by atoms with Gasteiger partial charge in [-0.2, -0.15) is 0 Å². The molecular weight excluding hydrogens is 350 g/mol. The molecule has 0 radical (unpaired) electrons. The van der Waals surface area contributed by atoms with Crippen LogP contribution in [0.25, 0.3) is 0 Å². The molecule has 5 rings (SSSR count). The van der Waals surface area contributed by atoms with Crippen molar-refractivity contribution in [3.63, 3.8) is 0 Å². The zero-order chi connectivity index (χ0) is 19.5. The molecule has 5 nitrogen and oxygen atoms in total. The lowest BCUT2D eigenvalue weighted by Crippen LogP contribution is -2.62. The number of morpholine rings is 1. The van der Waals surface area contributed by atoms with E-state index in [2.05, 4.69) is 39.4 Å². The fraction of sp³-hybridized carbons (Fsp3) is 0.696. The minimum atomic E-state index is 0.0301. The Balaban J connectivity index is 0.000000932. The third-order valence-electron chi connectivity index (χ3n) is 6.75. The highest BCUT2D eigenvalue weighted by Gasteiger charge is 2.36. The van der Waals surface area contributed by atoms with Crippen molar-refractivity contribution in [3.8, 4) is 0 Å². The molecule has 3 saturated heterocycles. The molecule has 3 heterocycles. The van der Waals surface area contributed by atoms with Gasteiger partial charge < -0.3 is 10.1 Å². The van der Waals surface area contributed by atoms with Gasteiger partial charge in [0, 0.05) is 32.1 Å². The summed E-state index contributed by atoms with van der Waals surface area (Å²) < 4.78 is 5.65. The zero-order valence-corrected chi connectivity index (χ0v) is 17.4. The normalized spacial score (nSPS) is 29.0. The molecule has 0 aromatic heterocycles. The Morgan fingerprint density at radius 3 is 2.29 bits per heavy atom. The predicted octanol–water partition coefficient (Wildman–Crippen LogP) is 2.93. The van der Waals surface area contributed by atoms with Gasteiger partial charge in [0.1, 0.15) is 6.61 Å². The monoisotopic (exact) mass is 385 g/mol. The summed E-state index contributed by atoms with van der Waals surface area (Å²) in [7, 11) is 0. The van der Waals surface area contributed by atoms with Gasteiger partial charge in [-0.15, -0.1) is 0 Å².